The van der Waals surface area contributed by atoms with Gasteiger partial charge in [0.1, 0.15) is 5.75 Å². The molecule has 1 unspecified atom stereocenters. The average molecular weight is 292 g/mol. The van der Waals surface area contributed by atoms with E-state index in [0.717, 1.165) is 17.0 Å². The Labute approximate surface area is 127 Å². The SMILES string of the molecule is COc1cccc(N(CCO)C2CCCCC2)c1C(C)N. The Balaban J connectivity index is 2.38. The molecule has 3 N–H and O–H groups in total. The molecule has 0 radical (unpaired) electrons. The zero-order valence-corrected chi connectivity index (χ0v) is 13.2. The van der Waals surface area contributed by atoms with Crippen LogP contribution in [-0.2, 0) is 0 Å². The first-order chi connectivity index (χ1) is 10.2. The summed E-state index contributed by atoms with van der Waals surface area (Å²) in [6.07, 6.45) is 6.24. The molecule has 0 saturated heterocycles. The van der Waals surface area contributed by atoms with E-state index < -0.39 is 0 Å². The molecular formula is C17H28N2O2. The monoisotopic (exact) mass is 292 g/mol. The van der Waals surface area contributed by atoms with Crippen molar-refractivity contribution in [3.8, 4) is 5.75 Å². The second-order valence-corrected chi connectivity index (χ2v) is 5.89. The van der Waals surface area contributed by atoms with Crippen molar-refractivity contribution >= 4 is 5.69 Å². The summed E-state index contributed by atoms with van der Waals surface area (Å²) in [5.41, 5.74) is 8.34. The van der Waals surface area contributed by atoms with Gasteiger partial charge in [-0.15, -0.1) is 0 Å². The van der Waals surface area contributed by atoms with Crippen LogP contribution >= 0.6 is 0 Å². The Morgan fingerprint density at radius 1 is 1.33 bits per heavy atom. The van der Waals surface area contributed by atoms with Crippen molar-refractivity contribution in [1.82, 2.24) is 0 Å². The van der Waals surface area contributed by atoms with Gasteiger partial charge < -0.3 is 20.5 Å². The zero-order chi connectivity index (χ0) is 15.2. The van der Waals surface area contributed by atoms with Crippen LogP contribution in [0.15, 0.2) is 18.2 Å². The van der Waals surface area contributed by atoms with Gasteiger partial charge in [-0.05, 0) is 31.9 Å². The van der Waals surface area contributed by atoms with Gasteiger partial charge in [0.2, 0.25) is 0 Å². The van der Waals surface area contributed by atoms with Crippen molar-refractivity contribution in [2.75, 3.05) is 25.2 Å². The predicted octanol–water partition coefficient (Wildman–Crippen LogP) is 2.85. The third-order valence-corrected chi connectivity index (χ3v) is 4.38. The molecule has 1 aromatic carbocycles. The summed E-state index contributed by atoms with van der Waals surface area (Å²) in [4.78, 5) is 2.33. The molecule has 0 amide bonds. The van der Waals surface area contributed by atoms with Crippen LogP contribution in [0, 0.1) is 0 Å². The number of anilines is 1. The Bertz CT molecular complexity index is 442. The zero-order valence-electron chi connectivity index (χ0n) is 13.2. The van der Waals surface area contributed by atoms with E-state index in [-0.39, 0.29) is 12.6 Å². The molecule has 4 nitrogen and oxygen atoms in total. The molecule has 1 aliphatic rings. The summed E-state index contributed by atoms with van der Waals surface area (Å²) in [5, 5.41) is 9.48. The molecule has 21 heavy (non-hydrogen) atoms. The molecule has 118 valence electrons. The number of hydrogen-bond acceptors (Lipinski definition) is 4. The largest absolute Gasteiger partial charge is 0.496 e. The van der Waals surface area contributed by atoms with E-state index in [0.29, 0.717) is 12.6 Å². The van der Waals surface area contributed by atoms with E-state index >= 15 is 0 Å². The summed E-state index contributed by atoms with van der Waals surface area (Å²) in [7, 11) is 1.68. The number of aliphatic hydroxyl groups excluding tert-OH is 1. The van der Waals surface area contributed by atoms with Crippen LogP contribution in [0.4, 0.5) is 5.69 Å². The third kappa shape index (κ3) is 3.69. The molecule has 1 aromatic rings. The lowest BCUT2D eigenvalue weighted by atomic mass is 9.92. The standard InChI is InChI=1S/C17H28N2O2/c1-13(18)17-15(9-6-10-16(17)21-2)19(11-12-20)14-7-4-3-5-8-14/h6,9-10,13-14,20H,3-5,7-8,11-12,18H2,1-2H3. The van der Waals surface area contributed by atoms with E-state index in [4.69, 9.17) is 10.5 Å². The van der Waals surface area contributed by atoms with Gasteiger partial charge in [-0.2, -0.15) is 0 Å². The van der Waals surface area contributed by atoms with Gasteiger partial charge in [0.15, 0.2) is 0 Å². The molecule has 2 rings (SSSR count). The fourth-order valence-corrected chi connectivity index (χ4v) is 3.42. The minimum atomic E-state index is -0.0964. The number of benzene rings is 1. The second kappa shape index (κ2) is 7.66. The van der Waals surface area contributed by atoms with Crippen molar-refractivity contribution in [3.63, 3.8) is 0 Å². The smallest absolute Gasteiger partial charge is 0.125 e. The minimum absolute atomic E-state index is 0.0964. The van der Waals surface area contributed by atoms with Crippen LogP contribution in [0.25, 0.3) is 0 Å². The van der Waals surface area contributed by atoms with Crippen molar-refractivity contribution in [2.24, 2.45) is 5.73 Å². The predicted molar refractivity (Wildman–Crippen MR) is 86.9 cm³/mol. The van der Waals surface area contributed by atoms with Crippen LogP contribution in [0.1, 0.15) is 50.6 Å². The first-order valence-corrected chi connectivity index (χ1v) is 7.99. The lowest BCUT2D eigenvalue weighted by Gasteiger charge is -2.37. The van der Waals surface area contributed by atoms with E-state index in [1.165, 1.54) is 32.1 Å². The summed E-state index contributed by atoms with van der Waals surface area (Å²) in [6, 6.07) is 6.47. The van der Waals surface area contributed by atoms with Gasteiger partial charge >= 0.3 is 0 Å². The summed E-state index contributed by atoms with van der Waals surface area (Å²) < 4.78 is 5.49. The highest BCUT2D eigenvalue weighted by Gasteiger charge is 2.25. The van der Waals surface area contributed by atoms with E-state index in [1.54, 1.807) is 7.11 Å². The number of rotatable bonds is 6. The van der Waals surface area contributed by atoms with Crippen LogP contribution in [0.2, 0.25) is 0 Å². The maximum atomic E-state index is 9.48. The van der Waals surface area contributed by atoms with Gasteiger partial charge in [-0.3, -0.25) is 0 Å². The lowest BCUT2D eigenvalue weighted by Crippen LogP contribution is -2.39. The molecular weight excluding hydrogens is 264 g/mol. The van der Waals surface area contributed by atoms with Crippen molar-refractivity contribution < 1.29 is 9.84 Å². The van der Waals surface area contributed by atoms with Crippen LogP contribution in [-0.4, -0.2) is 31.4 Å². The molecule has 1 fully saturated rings. The third-order valence-electron chi connectivity index (χ3n) is 4.38. The summed E-state index contributed by atoms with van der Waals surface area (Å²) in [5.74, 6) is 0.834. The second-order valence-electron chi connectivity index (χ2n) is 5.89. The summed E-state index contributed by atoms with van der Waals surface area (Å²) in [6.45, 7) is 2.79. The molecule has 0 bridgehead atoms. The topological polar surface area (TPSA) is 58.7 Å². The number of hydrogen-bond donors (Lipinski definition) is 2. The van der Waals surface area contributed by atoms with Crippen LogP contribution < -0.4 is 15.4 Å². The van der Waals surface area contributed by atoms with Crippen molar-refractivity contribution in [3.05, 3.63) is 23.8 Å². The molecule has 0 spiro atoms. The Morgan fingerprint density at radius 3 is 2.62 bits per heavy atom. The van der Waals surface area contributed by atoms with Crippen LogP contribution in [0.5, 0.6) is 5.75 Å². The van der Waals surface area contributed by atoms with Gasteiger partial charge in [0.25, 0.3) is 0 Å². The normalized spacial score (nSPS) is 17.5. The Kier molecular flexibility index (Phi) is 5.88. The number of methoxy groups -OCH3 is 1. The quantitative estimate of drug-likeness (QED) is 0.846. The number of nitrogens with two attached hydrogens (primary N) is 1. The molecule has 0 aromatic heterocycles. The maximum absolute atomic E-state index is 9.48. The van der Waals surface area contributed by atoms with Crippen molar-refractivity contribution in [2.45, 2.75) is 51.1 Å². The van der Waals surface area contributed by atoms with Crippen molar-refractivity contribution in [1.29, 1.82) is 0 Å². The van der Waals surface area contributed by atoms with E-state index in [2.05, 4.69) is 11.0 Å². The van der Waals surface area contributed by atoms with Gasteiger partial charge in [0.05, 0.1) is 13.7 Å². The van der Waals surface area contributed by atoms with Gasteiger partial charge in [-0.1, -0.05) is 25.3 Å². The Hall–Kier alpha value is -1.26. The summed E-state index contributed by atoms with van der Waals surface area (Å²) >= 11 is 0. The van der Waals surface area contributed by atoms with Gasteiger partial charge in [-0.25, -0.2) is 0 Å². The molecule has 4 heteroatoms. The fourth-order valence-electron chi connectivity index (χ4n) is 3.42. The fraction of sp³-hybridized carbons (Fsp3) is 0.647. The van der Waals surface area contributed by atoms with E-state index in [1.807, 2.05) is 19.1 Å². The first kappa shape index (κ1) is 16.1. The Morgan fingerprint density at radius 2 is 2.05 bits per heavy atom. The molecule has 0 heterocycles. The van der Waals surface area contributed by atoms with Crippen LogP contribution in [0.3, 0.4) is 0 Å². The maximum Gasteiger partial charge on any atom is 0.125 e. The highest BCUT2D eigenvalue weighted by atomic mass is 16.5. The number of aliphatic hydroxyl groups is 1. The van der Waals surface area contributed by atoms with E-state index in [9.17, 15) is 5.11 Å². The molecule has 1 saturated carbocycles. The molecule has 1 aliphatic carbocycles. The number of ether oxygens (including phenoxy) is 1. The highest BCUT2D eigenvalue weighted by Crippen LogP contribution is 2.36. The average Bonchev–Trinajstić information content (AvgIpc) is 2.52. The lowest BCUT2D eigenvalue weighted by molar-refractivity contribution is 0.289. The highest BCUT2D eigenvalue weighted by molar-refractivity contribution is 5.61. The first-order valence-electron chi connectivity index (χ1n) is 7.99. The minimum Gasteiger partial charge on any atom is -0.496 e. The number of nitrogens with zero attached hydrogens (tertiary/aromatic N) is 1. The molecule has 1 atom stereocenters. The molecule has 0 aliphatic heterocycles. The van der Waals surface area contributed by atoms with Gasteiger partial charge in [0, 0.05) is 29.9 Å².